The fourth-order valence-electron chi connectivity index (χ4n) is 1.51. The molecule has 0 fully saturated rings. The minimum absolute atomic E-state index is 0.245. The summed E-state index contributed by atoms with van der Waals surface area (Å²) in [6.45, 7) is 12.4. The zero-order chi connectivity index (χ0) is 21.2. The first kappa shape index (κ1) is 27.0. The molecule has 0 aliphatic rings. The number of aromatic nitrogens is 1. The molecule has 0 spiro atoms. The van der Waals surface area contributed by atoms with Crippen LogP contribution in [0.2, 0.25) is 0 Å². The van der Waals surface area contributed by atoms with Crippen molar-refractivity contribution in [1.29, 1.82) is 0 Å². The van der Waals surface area contributed by atoms with E-state index in [4.69, 9.17) is 0 Å². The standard InChI is InChI=1S/C14H16N4O2S.3C2H6/c1-18(2)9-15-13(20)11-8-21-14(16-11)17-12(19)10-6-4-3-5-7-10;3*1-2/h3-8H,9H2,1-2H3,(H,15,20)(H,16,17,19);3*1-2H3. The van der Waals surface area contributed by atoms with E-state index in [1.54, 1.807) is 29.6 Å². The summed E-state index contributed by atoms with van der Waals surface area (Å²) in [5, 5.41) is 7.41. The van der Waals surface area contributed by atoms with Crippen LogP contribution in [0.3, 0.4) is 0 Å². The third kappa shape index (κ3) is 11.1. The van der Waals surface area contributed by atoms with Gasteiger partial charge in [0.1, 0.15) is 5.69 Å². The van der Waals surface area contributed by atoms with Crippen LogP contribution in [0.15, 0.2) is 35.7 Å². The summed E-state index contributed by atoms with van der Waals surface area (Å²) in [6, 6.07) is 8.85. The highest BCUT2D eigenvalue weighted by Gasteiger charge is 2.13. The molecule has 0 aliphatic heterocycles. The molecule has 27 heavy (non-hydrogen) atoms. The van der Waals surface area contributed by atoms with E-state index < -0.39 is 0 Å². The number of thiazole rings is 1. The zero-order valence-electron chi connectivity index (χ0n) is 17.8. The number of carbonyl (C=O) groups excluding carboxylic acids is 2. The Morgan fingerprint density at radius 2 is 1.52 bits per heavy atom. The Bertz CT molecular complexity index is 628. The molecule has 1 aromatic heterocycles. The third-order valence-electron chi connectivity index (χ3n) is 2.55. The van der Waals surface area contributed by atoms with Gasteiger partial charge in [0.25, 0.3) is 11.8 Å². The Labute approximate surface area is 168 Å². The van der Waals surface area contributed by atoms with Crippen molar-refractivity contribution < 1.29 is 9.59 Å². The van der Waals surface area contributed by atoms with Crippen molar-refractivity contribution in [2.75, 3.05) is 26.1 Å². The molecule has 2 rings (SSSR count). The molecule has 0 radical (unpaired) electrons. The number of benzene rings is 1. The van der Waals surface area contributed by atoms with Crippen LogP contribution in [0, 0.1) is 0 Å². The molecule has 2 aromatic rings. The van der Waals surface area contributed by atoms with Gasteiger partial charge in [-0.1, -0.05) is 59.7 Å². The summed E-state index contributed by atoms with van der Waals surface area (Å²) in [6.07, 6.45) is 0. The normalized spacial score (nSPS) is 8.78. The van der Waals surface area contributed by atoms with Gasteiger partial charge in [-0.15, -0.1) is 11.3 Å². The second-order valence-corrected chi connectivity index (χ2v) is 5.46. The topological polar surface area (TPSA) is 74.3 Å². The molecule has 1 aromatic carbocycles. The number of nitrogens with one attached hydrogen (secondary N) is 2. The second-order valence-electron chi connectivity index (χ2n) is 4.60. The molecule has 0 atom stereocenters. The zero-order valence-corrected chi connectivity index (χ0v) is 18.6. The van der Waals surface area contributed by atoms with Gasteiger partial charge in [0.15, 0.2) is 5.13 Å². The van der Waals surface area contributed by atoms with Gasteiger partial charge < -0.3 is 5.32 Å². The predicted octanol–water partition coefficient (Wildman–Crippen LogP) is 4.72. The number of hydrogen-bond acceptors (Lipinski definition) is 5. The van der Waals surface area contributed by atoms with E-state index in [9.17, 15) is 9.59 Å². The fraction of sp³-hybridized carbons (Fsp3) is 0.450. The van der Waals surface area contributed by atoms with Crippen molar-refractivity contribution in [1.82, 2.24) is 15.2 Å². The van der Waals surface area contributed by atoms with Crippen molar-refractivity contribution in [2.24, 2.45) is 0 Å². The van der Waals surface area contributed by atoms with Crippen LogP contribution in [0.4, 0.5) is 5.13 Å². The Kier molecular flexibility index (Phi) is 17.2. The highest BCUT2D eigenvalue weighted by atomic mass is 32.1. The molecule has 2 N–H and O–H groups in total. The van der Waals surface area contributed by atoms with Crippen LogP contribution in [-0.4, -0.2) is 42.5 Å². The first-order valence-electron chi connectivity index (χ1n) is 9.31. The van der Waals surface area contributed by atoms with Crippen LogP contribution in [0.25, 0.3) is 0 Å². The van der Waals surface area contributed by atoms with Gasteiger partial charge in [0.05, 0.1) is 6.67 Å². The molecule has 152 valence electrons. The number of nitrogens with zero attached hydrogens (tertiary/aromatic N) is 2. The summed E-state index contributed by atoms with van der Waals surface area (Å²) < 4.78 is 0. The average Bonchev–Trinajstić information content (AvgIpc) is 3.20. The maximum Gasteiger partial charge on any atom is 0.271 e. The Morgan fingerprint density at radius 1 is 0.963 bits per heavy atom. The molecule has 0 aliphatic carbocycles. The smallest absolute Gasteiger partial charge is 0.271 e. The molecular weight excluding hydrogens is 360 g/mol. The Hall–Kier alpha value is -2.25. The molecular formula is C20H34N4O2S. The lowest BCUT2D eigenvalue weighted by atomic mass is 10.2. The maximum atomic E-state index is 12.0. The van der Waals surface area contributed by atoms with Gasteiger partial charge in [0, 0.05) is 10.9 Å². The van der Waals surface area contributed by atoms with Crippen LogP contribution >= 0.6 is 11.3 Å². The number of hydrogen-bond donors (Lipinski definition) is 2. The molecule has 0 unspecified atom stereocenters. The molecule has 1 heterocycles. The summed E-state index contributed by atoms with van der Waals surface area (Å²) in [4.78, 5) is 29.7. The monoisotopic (exact) mass is 394 g/mol. The maximum absolute atomic E-state index is 12.0. The van der Waals surface area contributed by atoms with Crippen LogP contribution < -0.4 is 10.6 Å². The van der Waals surface area contributed by atoms with Crippen molar-refractivity contribution in [3.63, 3.8) is 0 Å². The molecule has 6 nitrogen and oxygen atoms in total. The van der Waals surface area contributed by atoms with E-state index in [1.807, 2.05) is 66.6 Å². The van der Waals surface area contributed by atoms with Gasteiger partial charge in [-0.25, -0.2) is 4.98 Å². The van der Waals surface area contributed by atoms with Crippen LogP contribution in [-0.2, 0) is 0 Å². The minimum atomic E-state index is -0.264. The molecule has 2 amide bonds. The largest absolute Gasteiger partial charge is 0.338 e. The number of carbonyl (C=O) groups is 2. The van der Waals surface area contributed by atoms with Gasteiger partial charge >= 0.3 is 0 Å². The van der Waals surface area contributed by atoms with Gasteiger partial charge in [-0.2, -0.15) is 0 Å². The second kappa shape index (κ2) is 17.2. The van der Waals surface area contributed by atoms with E-state index in [1.165, 1.54) is 11.3 Å². The SMILES string of the molecule is CC.CC.CC.CN(C)CNC(=O)c1csc(NC(=O)c2ccccc2)n1. The average molecular weight is 395 g/mol. The molecule has 0 bridgehead atoms. The number of amides is 2. The summed E-state index contributed by atoms with van der Waals surface area (Å²) in [5.41, 5.74) is 0.844. The fourth-order valence-corrected chi connectivity index (χ4v) is 2.20. The van der Waals surface area contributed by atoms with Crippen LogP contribution in [0.5, 0.6) is 0 Å². The summed E-state index contributed by atoms with van der Waals surface area (Å²) in [5.74, 6) is -0.509. The van der Waals surface area contributed by atoms with E-state index in [-0.39, 0.29) is 11.8 Å². The van der Waals surface area contributed by atoms with E-state index in [2.05, 4.69) is 15.6 Å². The first-order chi connectivity index (χ1) is 13.1. The molecule has 0 saturated heterocycles. The van der Waals surface area contributed by atoms with Crippen molar-refractivity contribution >= 4 is 28.3 Å². The predicted molar refractivity (Wildman–Crippen MR) is 117 cm³/mol. The van der Waals surface area contributed by atoms with E-state index >= 15 is 0 Å². The highest BCUT2D eigenvalue weighted by Crippen LogP contribution is 2.16. The van der Waals surface area contributed by atoms with E-state index in [0.717, 1.165) is 0 Å². The van der Waals surface area contributed by atoms with E-state index in [0.29, 0.717) is 23.1 Å². The van der Waals surface area contributed by atoms with Gasteiger partial charge in [-0.05, 0) is 26.2 Å². The van der Waals surface area contributed by atoms with Crippen molar-refractivity contribution in [3.8, 4) is 0 Å². The quantitative estimate of drug-likeness (QED) is 0.720. The minimum Gasteiger partial charge on any atom is -0.338 e. The Balaban J connectivity index is 0. The number of anilines is 1. The van der Waals surface area contributed by atoms with Crippen molar-refractivity contribution in [3.05, 3.63) is 47.0 Å². The lowest BCUT2D eigenvalue weighted by Crippen LogP contribution is -2.33. The lowest BCUT2D eigenvalue weighted by molar-refractivity contribution is 0.0930. The number of rotatable bonds is 5. The Morgan fingerprint density at radius 3 is 2.04 bits per heavy atom. The van der Waals surface area contributed by atoms with Crippen LogP contribution in [0.1, 0.15) is 62.4 Å². The van der Waals surface area contributed by atoms with Gasteiger partial charge in [-0.3, -0.25) is 19.8 Å². The molecule has 7 heteroatoms. The first-order valence-corrected chi connectivity index (χ1v) is 10.2. The highest BCUT2D eigenvalue weighted by molar-refractivity contribution is 7.14. The summed E-state index contributed by atoms with van der Waals surface area (Å²) in [7, 11) is 3.71. The third-order valence-corrected chi connectivity index (χ3v) is 3.31. The molecule has 0 saturated carbocycles. The summed E-state index contributed by atoms with van der Waals surface area (Å²) >= 11 is 1.22. The van der Waals surface area contributed by atoms with Crippen molar-refractivity contribution in [2.45, 2.75) is 41.5 Å². The van der Waals surface area contributed by atoms with Gasteiger partial charge in [0.2, 0.25) is 0 Å². The lowest BCUT2D eigenvalue weighted by Gasteiger charge is -2.09.